The summed E-state index contributed by atoms with van der Waals surface area (Å²) >= 11 is 0. The molecule has 18 heavy (non-hydrogen) atoms. The molecule has 1 unspecified atom stereocenters. The van der Waals surface area contributed by atoms with E-state index in [1.165, 1.54) is 0 Å². The molecule has 0 aromatic carbocycles. The minimum Gasteiger partial charge on any atom is -0.481 e. The Kier molecular flexibility index (Phi) is 3.78. The van der Waals surface area contributed by atoms with Gasteiger partial charge in [-0.25, -0.2) is 4.98 Å². The van der Waals surface area contributed by atoms with E-state index in [2.05, 4.69) is 11.1 Å². The van der Waals surface area contributed by atoms with Crippen molar-refractivity contribution in [2.75, 3.05) is 11.4 Å². The average molecular weight is 245 g/mol. The smallest absolute Gasteiger partial charge is 0.305 e. The number of anilines is 1. The number of aliphatic carboxylic acids is 1. The van der Waals surface area contributed by atoms with Gasteiger partial charge >= 0.3 is 5.97 Å². The molecule has 5 nitrogen and oxygen atoms in total. The van der Waals surface area contributed by atoms with Crippen molar-refractivity contribution in [3.8, 4) is 6.07 Å². The molecule has 5 heteroatoms. The van der Waals surface area contributed by atoms with Gasteiger partial charge in [-0.2, -0.15) is 5.26 Å². The van der Waals surface area contributed by atoms with Gasteiger partial charge in [0, 0.05) is 18.8 Å². The zero-order valence-corrected chi connectivity index (χ0v) is 10.0. The van der Waals surface area contributed by atoms with E-state index in [1.807, 2.05) is 11.0 Å². The fourth-order valence-electron chi connectivity index (χ4n) is 2.45. The maximum Gasteiger partial charge on any atom is 0.305 e. The summed E-state index contributed by atoms with van der Waals surface area (Å²) < 4.78 is 0. The third kappa shape index (κ3) is 2.59. The molecule has 1 aromatic heterocycles. The molecule has 1 fully saturated rings. The predicted molar refractivity (Wildman–Crippen MR) is 66.2 cm³/mol. The van der Waals surface area contributed by atoms with Crippen molar-refractivity contribution in [1.29, 1.82) is 5.26 Å². The van der Waals surface area contributed by atoms with Crippen LogP contribution in [0, 0.1) is 11.3 Å². The van der Waals surface area contributed by atoms with E-state index in [-0.39, 0.29) is 12.5 Å². The summed E-state index contributed by atoms with van der Waals surface area (Å²) in [6, 6.07) is 5.65. The van der Waals surface area contributed by atoms with E-state index in [1.54, 1.807) is 12.3 Å². The van der Waals surface area contributed by atoms with Crippen molar-refractivity contribution >= 4 is 11.7 Å². The molecule has 2 rings (SSSR count). The van der Waals surface area contributed by atoms with E-state index < -0.39 is 5.97 Å². The largest absolute Gasteiger partial charge is 0.481 e. The van der Waals surface area contributed by atoms with Crippen molar-refractivity contribution in [2.24, 2.45) is 0 Å². The Morgan fingerprint density at radius 2 is 2.44 bits per heavy atom. The van der Waals surface area contributed by atoms with Crippen LogP contribution in [0.4, 0.5) is 5.69 Å². The third-order valence-electron chi connectivity index (χ3n) is 3.24. The molecule has 94 valence electrons. The highest BCUT2D eigenvalue weighted by molar-refractivity contribution is 5.69. The lowest BCUT2D eigenvalue weighted by Crippen LogP contribution is -2.41. The first-order valence-electron chi connectivity index (χ1n) is 6.06. The number of pyridine rings is 1. The van der Waals surface area contributed by atoms with Crippen LogP contribution in [0.25, 0.3) is 0 Å². The summed E-state index contributed by atoms with van der Waals surface area (Å²) in [7, 11) is 0. The van der Waals surface area contributed by atoms with Crippen molar-refractivity contribution in [3.63, 3.8) is 0 Å². The quantitative estimate of drug-likeness (QED) is 0.878. The standard InChI is InChI=1S/C13H15N3O2/c14-9-11-12(5-3-6-15-11)16-7-2-1-4-10(16)8-13(17)18/h3,5-6,10H,1-2,4,7-8H2,(H,17,18). The van der Waals surface area contributed by atoms with Crippen LogP contribution < -0.4 is 4.90 Å². The van der Waals surface area contributed by atoms with Gasteiger partial charge in [-0.05, 0) is 31.4 Å². The normalized spacial score (nSPS) is 19.3. The maximum absolute atomic E-state index is 10.9. The monoisotopic (exact) mass is 245 g/mol. The van der Waals surface area contributed by atoms with E-state index in [0.29, 0.717) is 5.69 Å². The summed E-state index contributed by atoms with van der Waals surface area (Å²) in [4.78, 5) is 16.9. The molecule has 0 radical (unpaired) electrons. The predicted octanol–water partition coefficient (Wildman–Crippen LogP) is 1.79. The van der Waals surface area contributed by atoms with E-state index in [9.17, 15) is 4.79 Å². The molecule has 1 aromatic rings. The second kappa shape index (κ2) is 5.50. The van der Waals surface area contributed by atoms with Gasteiger partial charge in [-0.3, -0.25) is 4.79 Å². The first kappa shape index (κ1) is 12.4. The topological polar surface area (TPSA) is 77.2 Å². The lowest BCUT2D eigenvalue weighted by molar-refractivity contribution is -0.137. The van der Waals surface area contributed by atoms with Crippen LogP contribution in [0.15, 0.2) is 18.3 Å². The summed E-state index contributed by atoms with van der Waals surface area (Å²) in [5.41, 5.74) is 1.13. The maximum atomic E-state index is 10.9. The van der Waals surface area contributed by atoms with Crippen molar-refractivity contribution in [3.05, 3.63) is 24.0 Å². The van der Waals surface area contributed by atoms with Gasteiger partial charge in [-0.1, -0.05) is 0 Å². The second-order valence-electron chi connectivity index (χ2n) is 4.42. The summed E-state index contributed by atoms with van der Waals surface area (Å²) in [6.07, 6.45) is 4.61. The summed E-state index contributed by atoms with van der Waals surface area (Å²) in [5.74, 6) is -0.797. The highest BCUT2D eigenvalue weighted by Crippen LogP contribution is 2.28. The molecule has 1 aliphatic rings. The molecule has 1 atom stereocenters. The number of piperidine rings is 1. The summed E-state index contributed by atoms with van der Waals surface area (Å²) in [6.45, 7) is 0.790. The molecule has 0 saturated carbocycles. The molecular formula is C13H15N3O2. The number of aromatic nitrogens is 1. The molecule has 0 aliphatic carbocycles. The van der Waals surface area contributed by atoms with Crippen LogP contribution in [-0.4, -0.2) is 28.6 Å². The van der Waals surface area contributed by atoms with Crippen LogP contribution >= 0.6 is 0 Å². The van der Waals surface area contributed by atoms with Crippen molar-refractivity contribution < 1.29 is 9.90 Å². The molecule has 0 spiro atoms. The highest BCUT2D eigenvalue weighted by Gasteiger charge is 2.26. The van der Waals surface area contributed by atoms with Gasteiger partial charge in [0.15, 0.2) is 5.69 Å². The number of nitrogens with zero attached hydrogens (tertiary/aromatic N) is 3. The first-order chi connectivity index (χ1) is 8.72. The lowest BCUT2D eigenvalue weighted by Gasteiger charge is -2.36. The molecule has 0 amide bonds. The molecule has 1 N–H and O–H groups in total. The van der Waals surface area contributed by atoms with Crippen LogP contribution in [0.5, 0.6) is 0 Å². The Hall–Kier alpha value is -2.09. The number of carboxylic acids is 1. The number of rotatable bonds is 3. The van der Waals surface area contributed by atoms with Gasteiger partial charge in [-0.15, -0.1) is 0 Å². The molecule has 2 heterocycles. The lowest BCUT2D eigenvalue weighted by atomic mass is 9.98. The van der Waals surface area contributed by atoms with Gasteiger partial charge in [0.2, 0.25) is 0 Å². The van der Waals surface area contributed by atoms with Gasteiger partial charge in [0.25, 0.3) is 0 Å². The first-order valence-corrected chi connectivity index (χ1v) is 6.06. The number of carbonyl (C=O) groups is 1. The number of hydrogen-bond donors (Lipinski definition) is 1. The molecule has 1 aliphatic heterocycles. The second-order valence-corrected chi connectivity index (χ2v) is 4.42. The Bertz CT molecular complexity index is 481. The number of hydrogen-bond acceptors (Lipinski definition) is 4. The number of carboxylic acid groups (broad SMARTS) is 1. The van der Waals surface area contributed by atoms with E-state index in [4.69, 9.17) is 10.4 Å². The SMILES string of the molecule is N#Cc1ncccc1N1CCCCC1CC(=O)O. The minimum atomic E-state index is -0.797. The van der Waals surface area contributed by atoms with Crippen molar-refractivity contribution in [1.82, 2.24) is 4.98 Å². The fraction of sp³-hybridized carbons (Fsp3) is 0.462. The Morgan fingerprint density at radius 1 is 1.61 bits per heavy atom. The van der Waals surface area contributed by atoms with Gasteiger partial charge in [0.05, 0.1) is 12.1 Å². The van der Waals surface area contributed by atoms with Crippen LogP contribution in [0.3, 0.4) is 0 Å². The molecule has 0 bridgehead atoms. The molecular weight excluding hydrogens is 230 g/mol. The van der Waals surface area contributed by atoms with Gasteiger partial charge in [0.1, 0.15) is 6.07 Å². The average Bonchev–Trinajstić information content (AvgIpc) is 2.39. The zero-order valence-electron chi connectivity index (χ0n) is 10.0. The van der Waals surface area contributed by atoms with Crippen LogP contribution in [0.1, 0.15) is 31.4 Å². The minimum absolute atomic E-state index is 0.0347. The molecule has 1 saturated heterocycles. The highest BCUT2D eigenvalue weighted by atomic mass is 16.4. The van der Waals surface area contributed by atoms with Gasteiger partial charge < -0.3 is 10.0 Å². The Morgan fingerprint density at radius 3 is 3.17 bits per heavy atom. The van der Waals surface area contributed by atoms with Crippen molar-refractivity contribution in [2.45, 2.75) is 31.7 Å². The summed E-state index contributed by atoms with van der Waals surface area (Å²) in [5, 5.41) is 18.0. The van der Waals surface area contributed by atoms with Crippen LogP contribution in [0.2, 0.25) is 0 Å². The Balaban J connectivity index is 2.28. The zero-order chi connectivity index (χ0) is 13.0. The Labute approximate surface area is 106 Å². The fourth-order valence-corrected chi connectivity index (χ4v) is 2.45. The van der Waals surface area contributed by atoms with E-state index in [0.717, 1.165) is 31.5 Å². The number of nitriles is 1. The van der Waals surface area contributed by atoms with E-state index >= 15 is 0 Å². The third-order valence-corrected chi connectivity index (χ3v) is 3.24. The van der Waals surface area contributed by atoms with Crippen LogP contribution in [-0.2, 0) is 4.79 Å².